The molecule has 5 heteroatoms. The highest BCUT2D eigenvalue weighted by molar-refractivity contribution is 5.96. The lowest BCUT2D eigenvalue weighted by atomic mass is 9.96. The Labute approximate surface area is 155 Å². The molecule has 0 atom stereocenters. The van der Waals surface area contributed by atoms with Crippen molar-refractivity contribution in [3.63, 3.8) is 0 Å². The van der Waals surface area contributed by atoms with E-state index >= 15 is 0 Å². The third-order valence-electron chi connectivity index (χ3n) is 5.23. The van der Waals surface area contributed by atoms with E-state index < -0.39 is 5.60 Å². The highest BCUT2D eigenvalue weighted by Crippen LogP contribution is 2.30. The molecule has 0 aliphatic heterocycles. The fourth-order valence-electron chi connectivity index (χ4n) is 3.42. The first kappa shape index (κ1) is 18.5. The second-order valence-corrected chi connectivity index (χ2v) is 7.77. The minimum absolute atomic E-state index is 0.173. The van der Waals surface area contributed by atoms with Crippen LogP contribution in [-0.2, 0) is 4.79 Å². The maximum atomic E-state index is 12.8. The first-order chi connectivity index (χ1) is 12.4. The molecule has 0 spiro atoms. The van der Waals surface area contributed by atoms with Crippen LogP contribution in [-0.4, -0.2) is 21.3 Å². The van der Waals surface area contributed by atoms with Crippen molar-refractivity contribution in [2.24, 2.45) is 0 Å². The van der Waals surface area contributed by atoms with Gasteiger partial charge in [0.2, 0.25) is 0 Å². The van der Waals surface area contributed by atoms with Crippen molar-refractivity contribution in [1.29, 1.82) is 0 Å². The summed E-state index contributed by atoms with van der Waals surface area (Å²) < 4.78 is 7.95. The Hall–Kier alpha value is -2.30. The molecule has 1 aliphatic carbocycles. The zero-order chi connectivity index (χ0) is 18.7. The average Bonchev–Trinajstić information content (AvgIpc) is 3.07. The van der Waals surface area contributed by atoms with Crippen LogP contribution < -0.4 is 10.1 Å². The molecule has 1 fully saturated rings. The van der Waals surface area contributed by atoms with Crippen LogP contribution in [0.3, 0.4) is 0 Å². The van der Waals surface area contributed by atoms with Gasteiger partial charge in [-0.05, 0) is 63.8 Å². The summed E-state index contributed by atoms with van der Waals surface area (Å²) in [4.78, 5) is 12.8. The van der Waals surface area contributed by atoms with E-state index in [1.54, 1.807) is 20.0 Å². The van der Waals surface area contributed by atoms with E-state index in [0.29, 0.717) is 11.8 Å². The fraction of sp³-hybridized carbons (Fsp3) is 0.524. The highest BCUT2D eigenvalue weighted by atomic mass is 16.5. The number of ether oxygens (including phenoxy) is 1. The van der Waals surface area contributed by atoms with Gasteiger partial charge in [0.25, 0.3) is 5.91 Å². The van der Waals surface area contributed by atoms with Crippen LogP contribution in [0.2, 0.25) is 0 Å². The summed E-state index contributed by atoms with van der Waals surface area (Å²) in [5.74, 6) is 1.28. The lowest BCUT2D eigenvalue weighted by Crippen LogP contribution is -2.43. The van der Waals surface area contributed by atoms with Crippen molar-refractivity contribution in [3.05, 3.63) is 41.6 Å². The van der Waals surface area contributed by atoms with Gasteiger partial charge < -0.3 is 10.1 Å². The van der Waals surface area contributed by atoms with Gasteiger partial charge in [-0.15, -0.1) is 0 Å². The van der Waals surface area contributed by atoms with Crippen LogP contribution in [0, 0.1) is 13.8 Å². The molecule has 3 rings (SSSR count). The summed E-state index contributed by atoms with van der Waals surface area (Å²) >= 11 is 0. The van der Waals surface area contributed by atoms with Gasteiger partial charge in [-0.3, -0.25) is 4.79 Å². The topological polar surface area (TPSA) is 56.1 Å². The first-order valence-electron chi connectivity index (χ1n) is 9.48. The van der Waals surface area contributed by atoms with E-state index in [9.17, 15) is 4.79 Å². The van der Waals surface area contributed by atoms with Gasteiger partial charge in [0, 0.05) is 6.07 Å². The van der Waals surface area contributed by atoms with Crippen LogP contribution >= 0.6 is 0 Å². The number of carbonyl (C=O) groups excluding carboxylic acids is 1. The summed E-state index contributed by atoms with van der Waals surface area (Å²) in [6, 6.07) is 8.12. The van der Waals surface area contributed by atoms with Crippen molar-refractivity contribution < 1.29 is 9.53 Å². The lowest BCUT2D eigenvalue weighted by Gasteiger charge is -2.27. The number of nitrogens with one attached hydrogen (secondary N) is 1. The fourth-order valence-corrected chi connectivity index (χ4v) is 3.42. The summed E-state index contributed by atoms with van der Waals surface area (Å²) in [5, 5.41) is 7.45. The number of aryl methyl sites for hydroxylation is 2. The number of anilines is 1. The third-order valence-corrected chi connectivity index (χ3v) is 5.23. The van der Waals surface area contributed by atoms with Crippen LogP contribution in [0.5, 0.6) is 5.75 Å². The Morgan fingerprint density at radius 3 is 2.58 bits per heavy atom. The summed E-state index contributed by atoms with van der Waals surface area (Å²) in [6.07, 6.45) is 7.72. The van der Waals surface area contributed by atoms with Gasteiger partial charge in [-0.1, -0.05) is 25.3 Å². The largest absolute Gasteiger partial charge is 0.478 e. The summed E-state index contributed by atoms with van der Waals surface area (Å²) in [5.41, 5.74) is 1.37. The zero-order valence-electron chi connectivity index (χ0n) is 16.2. The van der Waals surface area contributed by atoms with Crippen LogP contribution in [0.15, 0.2) is 30.5 Å². The molecule has 1 aromatic heterocycles. The number of aromatic nitrogens is 2. The van der Waals surface area contributed by atoms with Crippen molar-refractivity contribution in [3.8, 4) is 5.75 Å². The smallest absolute Gasteiger partial charge is 0.269 e. The van der Waals surface area contributed by atoms with Gasteiger partial charge in [0.15, 0.2) is 5.60 Å². The molecular weight excluding hydrogens is 326 g/mol. The van der Waals surface area contributed by atoms with Gasteiger partial charge in [0.05, 0.1) is 12.2 Å². The molecule has 140 valence electrons. The molecule has 1 aromatic carbocycles. The average molecular weight is 355 g/mol. The Morgan fingerprint density at radius 2 is 1.88 bits per heavy atom. The quantitative estimate of drug-likeness (QED) is 0.838. The molecule has 26 heavy (non-hydrogen) atoms. The van der Waals surface area contributed by atoms with Crippen molar-refractivity contribution in [1.82, 2.24) is 9.78 Å². The number of amides is 1. The molecular formula is C21H29N3O2. The monoisotopic (exact) mass is 355 g/mol. The van der Waals surface area contributed by atoms with E-state index in [4.69, 9.17) is 4.74 Å². The van der Waals surface area contributed by atoms with Gasteiger partial charge in [-0.25, -0.2) is 4.68 Å². The SMILES string of the molecule is Cc1ccc(OC(C)(C)C(=O)Nc2ccnn2C2CCCCC2)cc1C. The molecule has 0 bridgehead atoms. The molecule has 1 heterocycles. The molecule has 0 saturated heterocycles. The Morgan fingerprint density at radius 1 is 1.15 bits per heavy atom. The Bertz CT molecular complexity index is 773. The molecule has 0 radical (unpaired) electrons. The van der Waals surface area contributed by atoms with Gasteiger partial charge >= 0.3 is 0 Å². The first-order valence-corrected chi connectivity index (χ1v) is 9.48. The maximum absolute atomic E-state index is 12.8. The normalized spacial score (nSPS) is 15.7. The predicted octanol–water partition coefficient (Wildman–Crippen LogP) is 4.80. The van der Waals surface area contributed by atoms with E-state index in [2.05, 4.69) is 17.3 Å². The van der Waals surface area contributed by atoms with E-state index in [1.807, 2.05) is 35.9 Å². The summed E-state index contributed by atoms with van der Waals surface area (Å²) in [6.45, 7) is 7.68. The van der Waals surface area contributed by atoms with Crippen LogP contribution in [0.25, 0.3) is 0 Å². The highest BCUT2D eigenvalue weighted by Gasteiger charge is 2.31. The van der Waals surface area contributed by atoms with E-state index in [0.717, 1.165) is 24.2 Å². The van der Waals surface area contributed by atoms with Crippen molar-refractivity contribution in [2.45, 2.75) is 71.4 Å². The maximum Gasteiger partial charge on any atom is 0.269 e. The van der Waals surface area contributed by atoms with Crippen molar-refractivity contribution in [2.75, 3.05) is 5.32 Å². The predicted molar refractivity (Wildman–Crippen MR) is 104 cm³/mol. The number of rotatable bonds is 5. The zero-order valence-corrected chi connectivity index (χ0v) is 16.2. The number of benzene rings is 1. The number of nitrogens with zero attached hydrogens (tertiary/aromatic N) is 2. The molecule has 0 unspecified atom stereocenters. The van der Waals surface area contributed by atoms with E-state index in [-0.39, 0.29) is 5.91 Å². The molecule has 1 saturated carbocycles. The standard InChI is InChI=1S/C21H29N3O2/c1-15-10-11-18(14-16(15)2)26-21(3,4)20(25)23-19-12-13-22-24(19)17-8-6-5-7-9-17/h10-14,17H,5-9H2,1-4H3,(H,23,25). The number of hydrogen-bond acceptors (Lipinski definition) is 3. The minimum Gasteiger partial charge on any atom is -0.478 e. The Balaban J connectivity index is 1.70. The van der Waals surface area contributed by atoms with Gasteiger partial charge in [-0.2, -0.15) is 5.10 Å². The number of carbonyl (C=O) groups is 1. The van der Waals surface area contributed by atoms with E-state index in [1.165, 1.54) is 24.8 Å². The second-order valence-electron chi connectivity index (χ2n) is 7.77. The van der Waals surface area contributed by atoms with Gasteiger partial charge in [0.1, 0.15) is 11.6 Å². The third kappa shape index (κ3) is 4.09. The second kappa shape index (κ2) is 7.52. The molecule has 1 aliphatic rings. The summed E-state index contributed by atoms with van der Waals surface area (Å²) in [7, 11) is 0. The molecule has 5 nitrogen and oxygen atoms in total. The van der Waals surface area contributed by atoms with Crippen LogP contribution in [0.4, 0.5) is 5.82 Å². The number of hydrogen-bond donors (Lipinski definition) is 1. The minimum atomic E-state index is -0.983. The lowest BCUT2D eigenvalue weighted by molar-refractivity contribution is -0.128. The Kier molecular flexibility index (Phi) is 5.35. The molecule has 1 N–H and O–H groups in total. The molecule has 1 amide bonds. The van der Waals surface area contributed by atoms with Crippen LogP contribution in [0.1, 0.15) is 63.1 Å². The molecule has 2 aromatic rings. The van der Waals surface area contributed by atoms with Crippen molar-refractivity contribution >= 4 is 11.7 Å².